The minimum absolute atomic E-state index is 0.322. The Balaban J connectivity index is 0.000000300. The van der Waals surface area contributed by atoms with Crippen LogP contribution in [-0.2, 0) is 0 Å². The summed E-state index contributed by atoms with van der Waals surface area (Å²) in [6.07, 6.45) is 0. The van der Waals surface area contributed by atoms with Crippen molar-refractivity contribution < 1.29 is 9.84 Å². The quantitative estimate of drug-likeness (QED) is 0.320. The fourth-order valence-electron chi connectivity index (χ4n) is 3.26. The monoisotopic (exact) mass is 416 g/mol. The van der Waals surface area contributed by atoms with Crippen LogP contribution >= 0.6 is 0 Å². The molecule has 5 aromatic carbocycles. The molecule has 5 aromatic rings. The largest absolute Gasteiger partial charge is 0.508 e. The lowest BCUT2D eigenvalue weighted by Gasteiger charge is -2.08. The van der Waals surface area contributed by atoms with Crippen LogP contribution < -0.4 is 4.74 Å². The SMILES string of the molecule is Oc1ccccc1.c1ccc(-c2ccc(Oc3ccc(-c4ccccc4)cc3)cc2)cc1. The lowest BCUT2D eigenvalue weighted by molar-refractivity contribution is 0.475. The van der Waals surface area contributed by atoms with Crippen molar-refractivity contribution in [2.45, 2.75) is 0 Å². The molecule has 0 aliphatic heterocycles. The third kappa shape index (κ3) is 5.87. The van der Waals surface area contributed by atoms with Gasteiger partial charge in [-0.05, 0) is 58.7 Å². The summed E-state index contributed by atoms with van der Waals surface area (Å²) in [6.45, 7) is 0. The van der Waals surface area contributed by atoms with Gasteiger partial charge in [0, 0.05) is 0 Å². The normalized spacial score (nSPS) is 10.0. The molecule has 0 saturated heterocycles. The van der Waals surface area contributed by atoms with E-state index in [1.165, 1.54) is 22.3 Å². The second-order valence-electron chi connectivity index (χ2n) is 7.22. The van der Waals surface area contributed by atoms with Crippen molar-refractivity contribution >= 4 is 0 Å². The molecule has 0 atom stereocenters. The summed E-state index contributed by atoms with van der Waals surface area (Å²) in [5.41, 5.74) is 4.79. The van der Waals surface area contributed by atoms with E-state index in [0.29, 0.717) is 5.75 Å². The summed E-state index contributed by atoms with van der Waals surface area (Å²) in [7, 11) is 0. The van der Waals surface area contributed by atoms with E-state index in [1.54, 1.807) is 24.3 Å². The van der Waals surface area contributed by atoms with E-state index in [4.69, 9.17) is 9.84 Å². The summed E-state index contributed by atoms with van der Waals surface area (Å²) in [4.78, 5) is 0. The number of phenols is 1. The average molecular weight is 417 g/mol. The lowest BCUT2D eigenvalue weighted by Crippen LogP contribution is -1.85. The number of hydrogen-bond acceptors (Lipinski definition) is 2. The molecule has 0 amide bonds. The number of ether oxygens (including phenoxy) is 1. The van der Waals surface area contributed by atoms with Crippen LogP contribution in [0.1, 0.15) is 0 Å². The van der Waals surface area contributed by atoms with Gasteiger partial charge in [0.2, 0.25) is 0 Å². The summed E-state index contributed by atoms with van der Waals surface area (Å²) in [5, 5.41) is 8.63. The summed E-state index contributed by atoms with van der Waals surface area (Å²) >= 11 is 0. The van der Waals surface area contributed by atoms with Gasteiger partial charge in [-0.15, -0.1) is 0 Å². The molecule has 0 spiro atoms. The predicted octanol–water partition coefficient (Wildman–Crippen LogP) is 8.21. The highest BCUT2D eigenvalue weighted by Gasteiger charge is 2.01. The zero-order chi connectivity index (χ0) is 22.0. The standard InChI is InChI=1S/C24H18O.C6H6O/c1-3-7-19(8-4-1)21-11-15-23(16-12-21)25-24-17-13-22(14-18-24)20-9-5-2-6-10-20;7-6-4-2-1-3-5-6/h1-18H;1-5,7H. The van der Waals surface area contributed by atoms with Gasteiger partial charge in [-0.2, -0.15) is 0 Å². The van der Waals surface area contributed by atoms with Crippen LogP contribution in [0.25, 0.3) is 22.3 Å². The third-order valence-electron chi connectivity index (χ3n) is 4.91. The summed E-state index contributed by atoms with van der Waals surface area (Å²) in [5.74, 6) is 2.00. The van der Waals surface area contributed by atoms with E-state index in [-0.39, 0.29) is 0 Å². The maximum atomic E-state index is 8.63. The van der Waals surface area contributed by atoms with Gasteiger partial charge in [-0.25, -0.2) is 0 Å². The minimum Gasteiger partial charge on any atom is -0.508 e. The predicted molar refractivity (Wildman–Crippen MR) is 132 cm³/mol. The molecule has 2 heteroatoms. The van der Waals surface area contributed by atoms with E-state index in [9.17, 15) is 0 Å². The van der Waals surface area contributed by atoms with E-state index in [0.717, 1.165) is 11.5 Å². The Morgan fingerprint density at radius 2 is 0.656 bits per heavy atom. The van der Waals surface area contributed by atoms with Gasteiger partial charge < -0.3 is 9.84 Å². The third-order valence-corrected chi connectivity index (χ3v) is 4.91. The smallest absolute Gasteiger partial charge is 0.127 e. The van der Waals surface area contributed by atoms with Crippen LogP contribution in [0.4, 0.5) is 0 Å². The molecule has 2 nitrogen and oxygen atoms in total. The van der Waals surface area contributed by atoms with Gasteiger partial charge in [0.05, 0.1) is 0 Å². The first-order valence-electron chi connectivity index (χ1n) is 10.5. The van der Waals surface area contributed by atoms with E-state index in [2.05, 4.69) is 48.5 Å². The highest BCUT2D eigenvalue weighted by molar-refractivity contribution is 5.65. The molecule has 5 rings (SSSR count). The van der Waals surface area contributed by atoms with Crippen molar-refractivity contribution in [1.82, 2.24) is 0 Å². The Bertz CT molecular complexity index is 1120. The number of para-hydroxylation sites is 1. The van der Waals surface area contributed by atoms with Crippen molar-refractivity contribution in [3.63, 3.8) is 0 Å². The van der Waals surface area contributed by atoms with Gasteiger partial charge >= 0.3 is 0 Å². The molecule has 0 unspecified atom stereocenters. The molecule has 0 fully saturated rings. The van der Waals surface area contributed by atoms with E-state index in [1.807, 2.05) is 66.7 Å². The van der Waals surface area contributed by atoms with Crippen molar-refractivity contribution in [3.05, 3.63) is 140 Å². The average Bonchev–Trinajstić information content (AvgIpc) is 2.87. The first-order valence-corrected chi connectivity index (χ1v) is 10.5. The molecular formula is C30H24O2. The highest BCUT2D eigenvalue weighted by Crippen LogP contribution is 2.27. The fraction of sp³-hybridized carbons (Fsp3) is 0. The summed E-state index contributed by atoms with van der Waals surface area (Å²) in [6, 6.07) is 45.8. The Labute approximate surface area is 189 Å². The van der Waals surface area contributed by atoms with Gasteiger partial charge in [0.1, 0.15) is 17.2 Å². The highest BCUT2D eigenvalue weighted by atomic mass is 16.5. The Morgan fingerprint density at radius 1 is 0.344 bits per heavy atom. The Kier molecular flexibility index (Phi) is 6.97. The van der Waals surface area contributed by atoms with Crippen molar-refractivity contribution in [2.75, 3.05) is 0 Å². The van der Waals surface area contributed by atoms with Gasteiger partial charge in [0.15, 0.2) is 0 Å². The van der Waals surface area contributed by atoms with Crippen molar-refractivity contribution in [2.24, 2.45) is 0 Å². The first-order chi connectivity index (χ1) is 15.8. The van der Waals surface area contributed by atoms with E-state index >= 15 is 0 Å². The van der Waals surface area contributed by atoms with E-state index < -0.39 is 0 Å². The Hall–Kier alpha value is -4.30. The first kappa shape index (κ1) is 21.0. The van der Waals surface area contributed by atoms with Gasteiger partial charge in [-0.3, -0.25) is 0 Å². The fourth-order valence-corrected chi connectivity index (χ4v) is 3.26. The zero-order valence-electron chi connectivity index (χ0n) is 17.6. The van der Waals surface area contributed by atoms with Gasteiger partial charge in [-0.1, -0.05) is 103 Å². The van der Waals surface area contributed by atoms with Crippen molar-refractivity contribution in [1.29, 1.82) is 0 Å². The van der Waals surface area contributed by atoms with Crippen LogP contribution in [0.15, 0.2) is 140 Å². The molecular weight excluding hydrogens is 392 g/mol. The molecule has 0 heterocycles. The molecule has 0 aromatic heterocycles. The second kappa shape index (κ2) is 10.6. The molecule has 0 radical (unpaired) electrons. The van der Waals surface area contributed by atoms with Crippen molar-refractivity contribution in [3.8, 4) is 39.5 Å². The molecule has 0 saturated carbocycles. The number of hydrogen-bond donors (Lipinski definition) is 1. The molecule has 156 valence electrons. The number of aromatic hydroxyl groups is 1. The maximum absolute atomic E-state index is 8.63. The van der Waals surface area contributed by atoms with Crippen LogP contribution in [0.3, 0.4) is 0 Å². The van der Waals surface area contributed by atoms with Gasteiger partial charge in [0.25, 0.3) is 0 Å². The number of rotatable bonds is 4. The van der Waals surface area contributed by atoms with Crippen LogP contribution in [-0.4, -0.2) is 5.11 Å². The lowest BCUT2D eigenvalue weighted by atomic mass is 10.1. The minimum atomic E-state index is 0.322. The van der Waals surface area contributed by atoms with Crippen LogP contribution in [0.2, 0.25) is 0 Å². The number of phenolic OH excluding ortho intramolecular Hbond substituents is 1. The molecule has 1 N–H and O–H groups in total. The molecule has 32 heavy (non-hydrogen) atoms. The maximum Gasteiger partial charge on any atom is 0.127 e. The number of benzene rings is 5. The summed E-state index contributed by atoms with van der Waals surface area (Å²) < 4.78 is 5.96. The topological polar surface area (TPSA) is 29.5 Å². The van der Waals surface area contributed by atoms with Crippen LogP contribution in [0.5, 0.6) is 17.2 Å². The molecule has 0 aliphatic rings. The zero-order valence-corrected chi connectivity index (χ0v) is 17.6. The molecule has 0 aliphatic carbocycles. The second-order valence-corrected chi connectivity index (χ2v) is 7.22. The van der Waals surface area contributed by atoms with Crippen LogP contribution in [0, 0.1) is 0 Å². The molecule has 0 bridgehead atoms. The Morgan fingerprint density at radius 3 is 0.969 bits per heavy atom.